The van der Waals surface area contributed by atoms with E-state index in [0.29, 0.717) is 17.0 Å². The van der Waals surface area contributed by atoms with E-state index in [2.05, 4.69) is 10.1 Å². The van der Waals surface area contributed by atoms with Gasteiger partial charge in [-0.3, -0.25) is 4.79 Å². The minimum Gasteiger partial charge on any atom is -0.418 e. The molecule has 0 aliphatic carbocycles. The van der Waals surface area contributed by atoms with E-state index >= 15 is 0 Å². The molecule has 1 radical (unpaired) electrons. The molecule has 2 aromatic carbocycles. The lowest BCUT2D eigenvalue weighted by Gasteiger charge is -2.08. The molecule has 1 amide bonds. The first-order valence-corrected chi connectivity index (χ1v) is 5.72. The number of ether oxygens (including phenoxy) is 1. The fourth-order valence-electron chi connectivity index (χ4n) is 1.71. The Kier molecular flexibility index (Phi) is 3.93. The number of carbonyl (C=O) groups is 1. The zero-order valence-corrected chi connectivity index (χ0v) is 10.3. The molecule has 1 N–H and O–H groups in total. The second kappa shape index (κ2) is 5.82. The summed E-state index contributed by atoms with van der Waals surface area (Å²) in [5.74, 6) is 0.128. The van der Waals surface area contributed by atoms with Crippen molar-refractivity contribution in [3.8, 4) is 5.75 Å². The lowest BCUT2D eigenvalue weighted by atomic mass is 10.1. The van der Waals surface area contributed by atoms with Crippen LogP contribution in [0.4, 0.5) is 5.69 Å². The van der Waals surface area contributed by atoms with Gasteiger partial charge in [-0.2, -0.15) is 0 Å². The van der Waals surface area contributed by atoms with Gasteiger partial charge in [-0.15, -0.1) is 0 Å². The molecule has 0 saturated heterocycles. The maximum Gasteiger partial charge on any atom is 0.423 e. The summed E-state index contributed by atoms with van der Waals surface area (Å²) in [7, 11) is 0. The molecule has 0 heterocycles. The van der Waals surface area contributed by atoms with E-state index in [1.54, 1.807) is 30.3 Å². The fourth-order valence-corrected chi connectivity index (χ4v) is 1.71. The molecule has 2 aromatic rings. The third-order valence-corrected chi connectivity index (χ3v) is 2.64. The Labute approximate surface area is 111 Å². The molecule has 0 fully saturated rings. The normalized spacial score (nSPS) is 9.74. The number of hydrogen-bond donors (Lipinski definition) is 1. The van der Waals surface area contributed by atoms with Crippen LogP contribution in [0.3, 0.4) is 0 Å². The summed E-state index contributed by atoms with van der Waals surface area (Å²) < 4.78 is 4.60. The quantitative estimate of drug-likeness (QED) is 0.912. The monoisotopic (exact) mass is 254 g/mol. The minimum atomic E-state index is -0.203. The van der Waals surface area contributed by atoms with Crippen LogP contribution in [-0.2, 0) is 4.79 Å². The van der Waals surface area contributed by atoms with Crippen LogP contribution >= 0.6 is 0 Å². The van der Waals surface area contributed by atoms with Crippen LogP contribution in [-0.4, -0.2) is 12.4 Å². The van der Waals surface area contributed by atoms with Gasteiger partial charge in [-0.05, 0) is 30.7 Å². The van der Waals surface area contributed by atoms with E-state index in [9.17, 15) is 9.59 Å². The highest BCUT2D eigenvalue weighted by Crippen LogP contribution is 2.18. The highest BCUT2D eigenvalue weighted by molar-refractivity contribution is 6.05. The van der Waals surface area contributed by atoms with E-state index in [-0.39, 0.29) is 5.91 Å². The van der Waals surface area contributed by atoms with Crippen molar-refractivity contribution in [1.29, 1.82) is 0 Å². The topological polar surface area (TPSA) is 55.4 Å². The molecule has 0 spiro atoms. The molecule has 0 aromatic heterocycles. The molecule has 19 heavy (non-hydrogen) atoms. The number of benzene rings is 2. The minimum absolute atomic E-state index is 0.203. The van der Waals surface area contributed by atoms with Crippen molar-refractivity contribution in [3.05, 3.63) is 59.7 Å². The fraction of sp³-hybridized carbons (Fsp3) is 0.0667. The van der Waals surface area contributed by atoms with Gasteiger partial charge < -0.3 is 10.1 Å². The van der Waals surface area contributed by atoms with Crippen molar-refractivity contribution in [3.63, 3.8) is 0 Å². The van der Waals surface area contributed by atoms with Crippen LogP contribution in [0.25, 0.3) is 0 Å². The van der Waals surface area contributed by atoms with Gasteiger partial charge in [0.15, 0.2) is 0 Å². The van der Waals surface area contributed by atoms with Gasteiger partial charge in [-0.1, -0.05) is 24.3 Å². The SMILES string of the molecule is Cc1ccccc1C(=O)Nc1cccc(O[C]=O)c1. The van der Waals surface area contributed by atoms with E-state index in [1.165, 1.54) is 6.47 Å². The second-order valence-electron chi connectivity index (χ2n) is 3.98. The Balaban J connectivity index is 2.17. The summed E-state index contributed by atoms with van der Waals surface area (Å²) in [6, 6.07) is 13.9. The predicted octanol–water partition coefficient (Wildman–Crippen LogP) is 2.69. The Bertz CT molecular complexity index is 608. The molecule has 0 aliphatic heterocycles. The summed E-state index contributed by atoms with van der Waals surface area (Å²) in [6.07, 6.45) is 0. The van der Waals surface area contributed by atoms with E-state index in [0.717, 1.165) is 5.56 Å². The number of hydrogen-bond acceptors (Lipinski definition) is 3. The number of anilines is 1. The first-order valence-electron chi connectivity index (χ1n) is 5.72. The van der Waals surface area contributed by atoms with Crippen molar-refractivity contribution >= 4 is 18.1 Å². The maximum absolute atomic E-state index is 12.1. The lowest BCUT2D eigenvalue weighted by molar-refractivity contribution is 0.102. The molecule has 0 bridgehead atoms. The van der Waals surface area contributed by atoms with Gasteiger partial charge in [0, 0.05) is 17.3 Å². The molecule has 0 saturated carbocycles. The first-order chi connectivity index (χ1) is 9.20. The molecule has 4 nitrogen and oxygen atoms in total. The number of amides is 1. The van der Waals surface area contributed by atoms with E-state index in [1.807, 2.05) is 25.1 Å². The highest BCUT2D eigenvalue weighted by Gasteiger charge is 2.08. The first kappa shape index (κ1) is 12.8. The molecule has 95 valence electrons. The van der Waals surface area contributed by atoms with E-state index in [4.69, 9.17) is 0 Å². The van der Waals surface area contributed by atoms with Crippen molar-refractivity contribution in [2.45, 2.75) is 6.92 Å². The van der Waals surface area contributed by atoms with Gasteiger partial charge in [0.25, 0.3) is 5.91 Å². The van der Waals surface area contributed by atoms with Crippen LogP contribution in [0.15, 0.2) is 48.5 Å². The molecule has 4 heteroatoms. The van der Waals surface area contributed by atoms with Crippen LogP contribution in [0.5, 0.6) is 5.75 Å². The third kappa shape index (κ3) is 3.19. The number of aryl methyl sites for hydroxylation is 1. The van der Waals surface area contributed by atoms with Crippen molar-refractivity contribution < 1.29 is 14.3 Å². The Morgan fingerprint density at radius 2 is 1.95 bits per heavy atom. The molecule has 2 rings (SSSR count). The summed E-state index contributed by atoms with van der Waals surface area (Å²) in [6.45, 7) is 3.21. The lowest BCUT2D eigenvalue weighted by Crippen LogP contribution is -2.13. The van der Waals surface area contributed by atoms with Gasteiger partial charge in [-0.25, -0.2) is 4.79 Å². The molecule has 0 aliphatic rings. The van der Waals surface area contributed by atoms with E-state index < -0.39 is 0 Å². The largest absolute Gasteiger partial charge is 0.423 e. The summed E-state index contributed by atoms with van der Waals surface area (Å²) in [5.41, 5.74) is 2.06. The Morgan fingerprint density at radius 1 is 1.16 bits per heavy atom. The average Bonchev–Trinajstić information content (AvgIpc) is 2.40. The summed E-state index contributed by atoms with van der Waals surface area (Å²) in [4.78, 5) is 22.2. The van der Waals surface area contributed by atoms with Gasteiger partial charge >= 0.3 is 6.47 Å². The van der Waals surface area contributed by atoms with Gasteiger partial charge in [0.2, 0.25) is 0 Å². The average molecular weight is 254 g/mol. The molecule has 0 atom stereocenters. The summed E-state index contributed by atoms with van der Waals surface area (Å²) >= 11 is 0. The number of nitrogens with one attached hydrogen (secondary N) is 1. The molecular formula is C15H12NO3. The Morgan fingerprint density at radius 3 is 2.68 bits per heavy atom. The zero-order valence-electron chi connectivity index (χ0n) is 10.3. The molecule has 0 unspecified atom stereocenters. The summed E-state index contributed by atoms with van der Waals surface area (Å²) in [5, 5.41) is 2.75. The number of carbonyl (C=O) groups excluding carboxylic acids is 2. The van der Waals surface area contributed by atoms with Crippen LogP contribution in [0, 0.1) is 6.92 Å². The van der Waals surface area contributed by atoms with Crippen LogP contribution in [0.2, 0.25) is 0 Å². The second-order valence-corrected chi connectivity index (χ2v) is 3.98. The highest BCUT2D eigenvalue weighted by atomic mass is 16.5. The van der Waals surface area contributed by atoms with Crippen molar-refractivity contribution in [2.24, 2.45) is 0 Å². The Hall–Kier alpha value is -2.62. The van der Waals surface area contributed by atoms with Crippen LogP contribution in [0.1, 0.15) is 15.9 Å². The van der Waals surface area contributed by atoms with Crippen molar-refractivity contribution in [2.75, 3.05) is 5.32 Å². The molecular weight excluding hydrogens is 242 g/mol. The van der Waals surface area contributed by atoms with Crippen LogP contribution < -0.4 is 10.1 Å². The maximum atomic E-state index is 12.1. The third-order valence-electron chi connectivity index (χ3n) is 2.64. The number of rotatable bonds is 4. The van der Waals surface area contributed by atoms with Gasteiger partial charge in [0.1, 0.15) is 5.75 Å². The standard InChI is InChI=1S/C15H12NO3/c1-11-5-2-3-8-14(11)15(18)16-12-6-4-7-13(9-12)19-10-17/h2-9H,1H3,(H,16,18). The smallest absolute Gasteiger partial charge is 0.418 e. The van der Waals surface area contributed by atoms with Crippen molar-refractivity contribution in [1.82, 2.24) is 0 Å². The van der Waals surface area contributed by atoms with Gasteiger partial charge in [0.05, 0.1) is 0 Å². The predicted molar refractivity (Wildman–Crippen MR) is 71.9 cm³/mol. The zero-order chi connectivity index (χ0) is 13.7.